The lowest BCUT2D eigenvalue weighted by atomic mass is 9.94. The molecule has 1 aromatic rings. The number of urea groups is 1. The number of nitrogens with one attached hydrogen (secondary N) is 1. The Morgan fingerprint density at radius 2 is 1.87 bits per heavy atom. The summed E-state index contributed by atoms with van der Waals surface area (Å²) in [6.45, 7) is 0. The Labute approximate surface area is 144 Å². The van der Waals surface area contributed by atoms with Gasteiger partial charge in [0, 0.05) is 34.1 Å². The van der Waals surface area contributed by atoms with Crippen LogP contribution in [-0.2, 0) is 0 Å². The van der Waals surface area contributed by atoms with Crippen LogP contribution in [0.1, 0.15) is 42.5 Å². The van der Waals surface area contributed by atoms with Gasteiger partial charge in [0.05, 0.1) is 0 Å². The smallest absolute Gasteiger partial charge is 0.307 e. The molecule has 3 rings (SSSR count). The molecule has 2 amide bonds. The van der Waals surface area contributed by atoms with E-state index in [2.05, 4.69) is 21.2 Å². The number of amides is 2. The molecule has 0 spiro atoms. The molecule has 1 fully saturated rings. The molecule has 0 saturated heterocycles. The number of hydrogen-bond donors (Lipinski definition) is 1. The Balaban J connectivity index is 1.71. The van der Waals surface area contributed by atoms with E-state index in [1.807, 2.05) is 12.1 Å². The molecule has 1 aliphatic heterocycles. The molecule has 4 nitrogen and oxygen atoms in total. The molecule has 2 aliphatic rings. The summed E-state index contributed by atoms with van der Waals surface area (Å²) in [5.41, 5.74) is 1.13. The minimum absolute atomic E-state index is 0.122. The van der Waals surface area contributed by atoms with Crippen molar-refractivity contribution in [2.45, 2.75) is 38.1 Å². The average molecular weight is 375 g/mol. The SMILES string of the molecule is O=C(C=C1C=CN(C2CCCCC2)C(=O)N1)c1ccc(Br)cc1. The van der Waals surface area contributed by atoms with Crippen LogP contribution in [0.2, 0.25) is 0 Å². The fraction of sp³-hybridized carbons (Fsp3) is 0.333. The summed E-state index contributed by atoms with van der Waals surface area (Å²) in [5, 5.41) is 2.81. The minimum atomic E-state index is -0.144. The van der Waals surface area contributed by atoms with E-state index < -0.39 is 0 Å². The Hall–Kier alpha value is -1.88. The fourth-order valence-corrected chi connectivity index (χ4v) is 3.29. The molecule has 0 radical (unpaired) electrons. The van der Waals surface area contributed by atoms with Gasteiger partial charge >= 0.3 is 6.03 Å². The van der Waals surface area contributed by atoms with E-state index in [4.69, 9.17) is 0 Å². The summed E-state index contributed by atoms with van der Waals surface area (Å²) in [7, 11) is 0. The summed E-state index contributed by atoms with van der Waals surface area (Å²) in [4.78, 5) is 26.3. The van der Waals surface area contributed by atoms with Crippen molar-refractivity contribution < 1.29 is 9.59 Å². The van der Waals surface area contributed by atoms with Gasteiger partial charge in [-0.05, 0) is 43.2 Å². The largest absolute Gasteiger partial charge is 0.326 e. The van der Waals surface area contributed by atoms with Gasteiger partial charge < -0.3 is 5.32 Å². The van der Waals surface area contributed by atoms with Crippen molar-refractivity contribution >= 4 is 27.7 Å². The van der Waals surface area contributed by atoms with Gasteiger partial charge in [0.15, 0.2) is 5.78 Å². The number of carbonyl (C=O) groups excluding carboxylic acids is 2. The first-order valence-electron chi connectivity index (χ1n) is 7.92. The first-order chi connectivity index (χ1) is 11.1. The number of rotatable bonds is 3. The van der Waals surface area contributed by atoms with Gasteiger partial charge in [-0.1, -0.05) is 35.2 Å². The molecule has 23 heavy (non-hydrogen) atoms. The van der Waals surface area contributed by atoms with Gasteiger partial charge in [-0.3, -0.25) is 9.69 Å². The van der Waals surface area contributed by atoms with Crippen LogP contribution in [0.5, 0.6) is 0 Å². The van der Waals surface area contributed by atoms with E-state index in [1.54, 1.807) is 29.3 Å². The number of ketones is 1. The molecule has 0 unspecified atom stereocenters. The Kier molecular flexibility index (Phi) is 4.96. The van der Waals surface area contributed by atoms with Crippen molar-refractivity contribution in [3.63, 3.8) is 0 Å². The van der Waals surface area contributed by atoms with E-state index in [1.165, 1.54) is 25.3 Å². The Bertz CT molecular complexity index is 658. The zero-order valence-electron chi connectivity index (χ0n) is 12.8. The van der Waals surface area contributed by atoms with Gasteiger partial charge in [-0.2, -0.15) is 0 Å². The van der Waals surface area contributed by atoms with E-state index in [-0.39, 0.29) is 17.9 Å². The molecule has 0 aromatic heterocycles. The molecule has 1 aliphatic carbocycles. The molecule has 1 aromatic carbocycles. The van der Waals surface area contributed by atoms with Crippen molar-refractivity contribution in [1.82, 2.24) is 10.2 Å². The summed E-state index contributed by atoms with van der Waals surface area (Å²) in [5.74, 6) is -0.122. The molecule has 5 heteroatoms. The molecular weight excluding hydrogens is 356 g/mol. The van der Waals surface area contributed by atoms with Crippen molar-refractivity contribution in [1.29, 1.82) is 0 Å². The predicted molar refractivity (Wildman–Crippen MR) is 92.9 cm³/mol. The van der Waals surface area contributed by atoms with E-state index in [0.717, 1.165) is 17.3 Å². The Morgan fingerprint density at radius 3 is 2.52 bits per heavy atom. The summed E-state index contributed by atoms with van der Waals surface area (Å²) in [6.07, 6.45) is 10.8. The van der Waals surface area contributed by atoms with Crippen LogP contribution in [0.15, 0.2) is 52.8 Å². The third-order valence-corrected chi connectivity index (χ3v) is 4.81. The molecule has 1 saturated carbocycles. The normalized spacial score (nSPS) is 20.7. The van der Waals surface area contributed by atoms with Crippen LogP contribution < -0.4 is 5.32 Å². The summed E-state index contributed by atoms with van der Waals surface area (Å²) < 4.78 is 0.927. The second kappa shape index (κ2) is 7.13. The van der Waals surface area contributed by atoms with Crippen LogP contribution in [0.25, 0.3) is 0 Å². The highest BCUT2D eigenvalue weighted by atomic mass is 79.9. The molecular formula is C18H19BrN2O2. The molecule has 0 atom stereocenters. The summed E-state index contributed by atoms with van der Waals surface area (Å²) in [6, 6.07) is 7.30. The number of halogens is 1. The minimum Gasteiger partial charge on any atom is -0.307 e. The molecule has 0 bridgehead atoms. The second-order valence-electron chi connectivity index (χ2n) is 5.92. The van der Waals surface area contributed by atoms with E-state index >= 15 is 0 Å². The van der Waals surface area contributed by atoms with Gasteiger partial charge in [-0.25, -0.2) is 4.79 Å². The predicted octanol–water partition coefficient (Wildman–Crippen LogP) is 4.39. The standard InChI is InChI=1S/C18H19BrN2O2/c19-14-8-6-13(7-9-14)17(22)12-15-10-11-21(18(23)20-15)16-4-2-1-3-5-16/h6-12,16H,1-5H2,(H,20,23). The maximum atomic E-state index is 12.3. The molecule has 120 valence electrons. The zero-order valence-corrected chi connectivity index (χ0v) is 14.4. The quantitative estimate of drug-likeness (QED) is 0.629. The van der Waals surface area contributed by atoms with Crippen LogP contribution in [0, 0.1) is 0 Å². The zero-order chi connectivity index (χ0) is 16.2. The monoisotopic (exact) mass is 374 g/mol. The van der Waals surface area contributed by atoms with E-state index in [0.29, 0.717) is 11.3 Å². The lowest BCUT2D eigenvalue weighted by Crippen LogP contribution is -2.45. The van der Waals surface area contributed by atoms with Crippen molar-refractivity contribution in [2.24, 2.45) is 0 Å². The summed E-state index contributed by atoms with van der Waals surface area (Å²) >= 11 is 3.34. The first-order valence-corrected chi connectivity index (χ1v) is 8.72. The number of hydrogen-bond acceptors (Lipinski definition) is 2. The van der Waals surface area contributed by atoms with Crippen molar-refractivity contribution in [3.05, 3.63) is 58.4 Å². The molecule has 1 N–H and O–H groups in total. The van der Waals surface area contributed by atoms with Crippen LogP contribution in [-0.4, -0.2) is 22.8 Å². The van der Waals surface area contributed by atoms with Crippen LogP contribution >= 0.6 is 15.9 Å². The number of allylic oxidation sites excluding steroid dienone is 2. The van der Waals surface area contributed by atoms with Crippen molar-refractivity contribution in [2.75, 3.05) is 0 Å². The molecule has 1 heterocycles. The number of nitrogens with zero attached hydrogens (tertiary/aromatic N) is 1. The van der Waals surface area contributed by atoms with Gasteiger partial charge in [-0.15, -0.1) is 0 Å². The van der Waals surface area contributed by atoms with Crippen LogP contribution in [0.4, 0.5) is 4.79 Å². The maximum Gasteiger partial charge on any atom is 0.326 e. The number of carbonyl (C=O) groups is 2. The highest BCUT2D eigenvalue weighted by molar-refractivity contribution is 9.10. The second-order valence-corrected chi connectivity index (χ2v) is 6.83. The third-order valence-electron chi connectivity index (χ3n) is 4.28. The maximum absolute atomic E-state index is 12.3. The van der Waals surface area contributed by atoms with Gasteiger partial charge in [0.2, 0.25) is 0 Å². The average Bonchev–Trinajstić information content (AvgIpc) is 2.56. The highest BCUT2D eigenvalue weighted by Gasteiger charge is 2.26. The van der Waals surface area contributed by atoms with E-state index in [9.17, 15) is 9.59 Å². The topological polar surface area (TPSA) is 49.4 Å². The lowest BCUT2D eigenvalue weighted by Gasteiger charge is -2.33. The van der Waals surface area contributed by atoms with Gasteiger partial charge in [0.1, 0.15) is 0 Å². The lowest BCUT2D eigenvalue weighted by molar-refractivity contribution is 0.104. The fourth-order valence-electron chi connectivity index (χ4n) is 3.03. The Morgan fingerprint density at radius 1 is 1.17 bits per heavy atom. The van der Waals surface area contributed by atoms with Gasteiger partial charge in [0.25, 0.3) is 0 Å². The first kappa shape index (κ1) is 16.0. The van der Waals surface area contributed by atoms with Crippen molar-refractivity contribution in [3.8, 4) is 0 Å². The van der Waals surface area contributed by atoms with Crippen LogP contribution in [0.3, 0.4) is 0 Å². The third kappa shape index (κ3) is 3.91. The highest BCUT2D eigenvalue weighted by Crippen LogP contribution is 2.24. The number of benzene rings is 1.